The number of fused-ring (bicyclic) bond motifs is 1. The van der Waals surface area contributed by atoms with Crippen LogP contribution >= 0.6 is 0 Å². The van der Waals surface area contributed by atoms with Crippen LogP contribution in [-0.2, 0) is 19.4 Å². The van der Waals surface area contributed by atoms with Crippen LogP contribution in [0.5, 0.6) is 5.75 Å². The van der Waals surface area contributed by atoms with Crippen LogP contribution in [0.1, 0.15) is 29.5 Å². The first kappa shape index (κ1) is 18.6. The third kappa shape index (κ3) is 4.55. The summed E-state index contributed by atoms with van der Waals surface area (Å²) in [6.45, 7) is 4.61. The molecule has 4 rings (SSSR count). The van der Waals surface area contributed by atoms with Gasteiger partial charge in [-0.15, -0.1) is 0 Å². The molecule has 2 aliphatic rings. The van der Waals surface area contributed by atoms with Crippen LogP contribution in [0.15, 0.2) is 41.5 Å². The molecular formula is C22H29N5O. The highest BCUT2D eigenvalue weighted by atomic mass is 16.5. The summed E-state index contributed by atoms with van der Waals surface area (Å²) >= 11 is 0. The van der Waals surface area contributed by atoms with Crippen LogP contribution in [0, 0.1) is 0 Å². The zero-order valence-electron chi connectivity index (χ0n) is 16.6. The maximum absolute atomic E-state index is 5.58. The van der Waals surface area contributed by atoms with E-state index in [1.807, 2.05) is 13.2 Å². The van der Waals surface area contributed by atoms with Crippen LogP contribution in [-0.4, -0.2) is 44.2 Å². The molecule has 28 heavy (non-hydrogen) atoms. The number of anilines is 1. The molecule has 1 saturated heterocycles. The lowest BCUT2D eigenvalue weighted by Crippen LogP contribution is -2.37. The molecule has 1 fully saturated rings. The molecular weight excluding hydrogens is 350 g/mol. The molecule has 0 radical (unpaired) electrons. The molecule has 1 aromatic carbocycles. The molecule has 0 bridgehead atoms. The molecule has 6 heteroatoms. The van der Waals surface area contributed by atoms with E-state index in [1.54, 1.807) is 0 Å². The van der Waals surface area contributed by atoms with Gasteiger partial charge in [0, 0.05) is 45.8 Å². The normalized spacial score (nSPS) is 16.0. The summed E-state index contributed by atoms with van der Waals surface area (Å²) in [5.74, 6) is 2.95. The molecule has 1 aromatic heterocycles. The highest BCUT2D eigenvalue weighted by Crippen LogP contribution is 2.25. The Kier molecular flexibility index (Phi) is 5.95. The second kappa shape index (κ2) is 8.95. The minimum absolute atomic E-state index is 0.735. The third-order valence-electron chi connectivity index (χ3n) is 5.38. The molecule has 0 amide bonds. The molecule has 0 atom stereocenters. The van der Waals surface area contributed by atoms with E-state index in [-0.39, 0.29) is 0 Å². The number of hydrogen-bond acceptors (Lipinski definition) is 4. The summed E-state index contributed by atoms with van der Waals surface area (Å²) in [5, 5.41) is 6.81. The highest BCUT2D eigenvalue weighted by molar-refractivity contribution is 5.79. The number of nitrogens with zero attached hydrogens (tertiary/aromatic N) is 3. The SMILES string of the molecule is CN=C(NCCc1ccc2c(c1)CCO2)NCc1ccnc(N2CCCC2)c1. The average molecular weight is 380 g/mol. The number of aliphatic imine (C=N–C) groups is 1. The van der Waals surface area contributed by atoms with Gasteiger partial charge in [-0.25, -0.2) is 4.98 Å². The second-order valence-electron chi connectivity index (χ2n) is 7.36. The van der Waals surface area contributed by atoms with E-state index < -0.39 is 0 Å². The lowest BCUT2D eigenvalue weighted by molar-refractivity contribution is 0.357. The van der Waals surface area contributed by atoms with Gasteiger partial charge in [0.2, 0.25) is 0 Å². The Morgan fingerprint density at radius 1 is 1.14 bits per heavy atom. The number of ether oxygens (including phenoxy) is 1. The quantitative estimate of drug-likeness (QED) is 0.597. The van der Waals surface area contributed by atoms with E-state index >= 15 is 0 Å². The molecule has 3 heterocycles. The number of rotatable bonds is 6. The van der Waals surface area contributed by atoms with E-state index in [0.717, 1.165) is 63.2 Å². The van der Waals surface area contributed by atoms with E-state index in [2.05, 4.69) is 55.8 Å². The molecule has 0 unspecified atom stereocenters. The summed E-state index contributed by atoms with van der Waals surface area (Å²) in [4.78, 5) is 11.2. The average Bonchev–Trinajstić information content (AvgIpc) is 3.42. The molecule has 148 valence electrons. The topological polar surface area (TPSA) is 61.8 Å². The Bertz CT molecular complexity index is 829. The maximum atomic E-state index is 5.58. The van der Waals surface area contributed by atoms with Gasteiger partial charge < -0.3 is 20.3 Å². The van der Waals surface area contributed by atoms with Crippen LogP contribution in [0.2, 0.25) is 0 Å². The molecule has 0 saturated carbocycles. The van der Waals surface area contributed by atoms with E-state index in [4.69, 9.17) is 4.74 Å². The van der Waals surface area contributed by atoms with Gasteiger partial charge in [0.15, 0.2) is 5.96 Å². The molecule has 6 nitrogen and oxygen atoms in total. The monoisotopic (exact) mass is 379 g/mol. The largest absolute Gasteiger partial charge is 0.493 e. The molecule has 0 aliphatic carbocycles. The first-order valence-electron chi connectivity index (χ1n) is 10.2. The van der Waals surface area contributed by atoms with Gasteiger partial charge in [0.1, 0.15) is 11.6 Å². The number of pyridine rings is 1. The van der Waals surface area contributed by atoms with Crippen LogP contribution in [0.3, 0.4) is 0 Å². The van der Waals surface area contributed by atoms with Crippen molar-refractivity contribution < 1.29 is 4.74 Å². The van der Waals surface area contributed by atoms with Crippen LogP contribution in [0.4, 0.5) is 5.82 Å². The number of aromatic nitrogens is 1. The summed E-state index contributed by atoms with van der Waals surface area (Å²) in [6, 6.07) is 10.7. The first-order chi connectivity index (χ1) is 13.8. The van der Waals surface area contributed by atoms with Gasteiger partial charge in [-0.3, -0.25) is 4.99 Å². The Morgan fingerprint density at radius 3 is 2.89 bits per heavy atom. The lowest BCUT2D eigenvalue weighted by Gasteiger charge is -2.17. The Hall–Kier alpha value is -2.76. The minimum Gasteiger partial charge on any atom is -0.493 e. The minimum atomic E-state index is 0.735. The fourth-order valence-electron chi connectivity index (χ4n) is 3.82. The lowest BCUT2D eigenvalue weighted by atomic mass is 10.1. The van der Waals surface area contributed by atoms with E-state index in [0.29, 0.717) is 0 Å². The van der Waals surface area contributed by atoms with Gasteiger partial charge in [0.25, 0.3) is 0 Å². The number of guanidine groups is 1. The Labute approximate surface area is 167 Å². The molecule has 2 aliphatic heterocycles. The zero-order chi connectivity index (χ0) is 19.2. The van der Waals surface area contributed by atoms with Crippen molar-refractivity contribution >= 4 is 11.8 Å². The van der Waals surface area contributed by atoms with Gasteiger partial charge in [-0.2, -0.15) is 0 Å². The Balaban J connectivity index is 1.25. The first-order valence-corrected chi connectivity index (χ1v) is 10.2. The van der Waals surface area contributed by atoms with Crippen molar-refractivity contribution in [3.8, 4) is 5.75 Å². The van der Waals surface area contributed by atoms with E-state index in [1.165, 1.54) is 29.5 Å². The standard InChI is InChI=1S/C22H29N5O/c1-23-22(25-10-6-17-4-5-20-19(14-17)8-13-28-20)26-16-18-7-9-24-21(15-18)27-11-2-3-12-27/h4-5,7,9,14-15H,2-3,6,8,10-13,16H2,1H3,(H2,23,25,26). The molecule has 2 aromatic rings. The fourth-order valence-corrected chi connectivity index (χ4v) is 3.82. The number of hydrogen-bond donors (Lipinski definition) is 2. The van der Waals surface area contributed by atoms with Crippen molar-refractivity contribution in [2.75, 3.05) is 38.2 Å². The zero-order valence-corrected chi connectivity index (χ0v) is 16.6. The number of benzene rings is 1. The van der Waals surface area contributed by atoms with Crippen molar-refractivity contribution in [3.63, 3.8) is 0 Å². The van der Waals surface area contributed by atoms with Crippen LogP contribution < -0.4 is 20.3 Å². The third-order valence-corrected chi connectivity index (χ3v) is 5.38. The maximum Gasteiger partial charge on any atom is 0.191 e. The number of nitrogens with one attached hydrogen (secondary N) is 2. The molecule has 0 spiro atoms. The van der Waals surface area contributed by atoms with E-state index in [9.17, 15) is 0 Å². The van der Waals surface area contributed by atoms with Crippen molar-refractivity contribution in [3.05, 3.63) is 53.2 Å². The predicted molar refractivity (Wildman–Crippen MR) is 113 cm³/mol. The summed E-state index contributed by atoms with van der Waals surface area (Å²) in [7, 11) is 1.81. The second-order valence-corrected chi connectivity index (χ2v) is 7.36. The van der Waals surface area contributed by atoms with Crippen molar-refractivity contribution in [1.82, 2.24) is 15.6 Å². The Morgan fingerprint density at radius 2 is 2.04 bits per heavy atom. The summed E-state index contributed by atoms with van der Waals surface area (Å²) in [5.41, 5.74) is 3.88. The molecule has 2 N–H and O–H groups in total. The van der Waals surface area contributed by atoms with Gasteiger partial charge in [-0.05, 0) is 54.2 Å². The van der Waals surface area contributed by atoms with Crippen LogP contribution in [0.25, 0.3) is 0 Å². The highest BCUT2D eigenvalue weighted by Gasteiger charge is 2.14. The van der Waals surface area contributed by atoms with Crippen molar-refractivity contribution in [1.29, 1.82) is 0 Å². The summed E-state index contributed by atoms with van der Waals surface area (Å²) < 4.78 is 5.58. The predicted octanol–water partition coefficient (Wildman–Crippen LogP) is 2.52. The van der Waals surface area contributed by atoms with Gasteiger partial charge in [-0.1, -0.05) is 12.1 Å². The summed E-state index contributed by atoms with van der Waals surface area (Å²) in [6.07, 6.45) is 6.40. The fraction of sp³-hybridized carbons (Fsp3) is 0.455. The van der Waals surface area contributed by atoms with Crippen molar-refractivity contribution in [2.24, 2.45) is 4.99 Å². The smallest absolute Gasteiger partial charge is 0.191 e. The van der Waals surface area contributed by atoms with Crippen molar-refractivity contribution in [2.45, 2.75) is 32.2 Å². The van der Waals surface area contributed by atoms with Gasteiger partial charge in [0.05, 0.1) is 6.61 Å². The van der Waals surface area contributed by atoms with Gasteiger partial charge >= 0.3 is 0 Å².